The minimum Gasteiger partial charge on any atom is -0.465 e. The highest BCUT2D eigenvalue weighted by molar-refractivity contribution is 5.72. The number of carbonyl (C=O) groups excluding carboxylic acids is 2. The van der Waals surface area contributed by atoms with Crippen LogP contribution >= 0.6 is 0 Å². The fourth-order valence-electron chi connectivity index (χ4n) is 3.34. The lowest BCUT2D eigenvalue weighted by Crippen LogP contribution is -2.49. The van der Waals surface area contributed by atoms with Crippen LogP contribution in [0.1, 0.15) is 57.2 Å². The van der Waals surface area contributed by atoms with E-state index < -0.39 is 23.3 Å². The summed E-state index contributed by atoms with van der Waals surface area (Å²) in [4.78, 5) is 27.8. The normalized spacial score (nSPS) is 15.5. The highest BCUT2D eigenvalue weighted by Crippen LogP contribution is 2.31. The standard InChI is InChI=1S/C23H33F3N2O4/c1-5-6-11-31-20(29)15-17-12-18(14-19(13-17)23(24,25)26)16-27-7-9-28(10-8-27)21(30)32-22(2,3)4/h12-14H,5-11,15-16H2,1-4H3. The van der Waals surface area contributed by atoms with E-state index in [1.165, 1.54) is 0 Å². The molecule has 1 aromatic rings. The summed E-state index contributed by atoms with van der Waals surface area (Å²) in [5, 5.41) is 0. The molecule has 0 spiro atoms. The third-order valence-electron chi connectivity index (χ3n) is 4.92. The predicted octanol–water partition coefficient (Wildman–Crippen LogP) is 4.64. The zero-order valence-electron chi connectivity index (χ0n) is 19.3. The number of piperazine rings is 1. The molecule has 1 amide bonds. The van der Waals surface area contributed by atoms with E-state index in [0.29, 0.717) is 38.3 Å². The Balaban J connectivity index is 2.03. The molecule has 1 aliphatic rings. The van der Waals surface area contributed by atoms with Gasteiger partial charge in [0.25, 0.3) is 0 Å². The van der Waals surface area contributed by atoms with E-state index in [9.17, 15) is 22.8 Å². The number of amides is 1. The van der Waals surface area contributed by atoms with E-state index in [-0.39, 0.29) is 24.7 Å². The number of unbranched alkanes of at least 4 members (excludes halogenated alkanes) is 1. The molecule has 0 aliphatic carbocycles. The van der Waals surface area contributed by atoms with Crippen molar-refractivity contribution in [3.8, 4) is 0 Å². The molecular formula is C23H33F3N2O4. The third-order valence-corrected chi connectivity index (χ3v) is 4.92. The summed E-state index contributed by atoms with van der Waals surface area (Å²) in [6.07, 6.45) is -3.52. The molecule has 32 heavy (non-hydrogen) atoms. The van der Waals surface area contributed by atoms with E-state index in [4.69, 9.17) is 9.47 Å². The molecule has 0 atom stereocenters. The van der Waals surface area contributed by atoms with Crippen LogP contribution in [0.25, 0.3) is 0 Å². The Morgan fingerprint density at radius 2 is 1.62 bits per heavy atom. The van der Waals surface area contributed by atoms with Gasteiger partial charge in [0.1, 0.15) is 5.60 Å². The van der Waals surface area contributed by atoms with Crippen LogP contribution in [0, 0.1) is 0 Å². The van der Waals surface area contributed by atoms with E-state index in [0.717, 1.165) is 25.0 Å². The quantitative estimate of drug-likeness (QED) is 0.440. The number of halogens is 3. The molecule has 1 fully saturated rings. The van der Waals surface area contributed by atoms with Gasteiger partial charge in [-0.1, -0.05) is 19.4 Å². The molecule has 0 bridgehead atoms. The monoisotopic (exact) mass is 458 g/mol. The summed E-state index contributed by atoms with van der Waals surface area (Å²) in [5.41, 5.74) is -0.607. The lowest BCUT2D eigenvalue weighted by Gasteiger charge is -2.35. The smallest absolute Gasteiger partial charge is 0.416 e. The molecule has 1 saturated heterocycles. The van der Waals surface area contributed by atoms with Crippen molar-refractivity contribution in [1.29, 1.82) is 0 Å². The van der Waals surface area contributed by atoms with Gasteiger partial charge in [0, 0.05) is 32.7 Å². The first-order chi connectivity index (χ1) is 14.9. The number of ether oxygens (including phenoxy) is 2. The number of alkyl halides is 3. The van der Waals surface area contributed by atoms with Gasteiger partial charge in [-0.25, -0.2) is 4.79 Å². The van der Waals surface area contributed by atoms with Crippen LogP contribution < -0.4 is 0 Å². The summed E-state index contributed by atoms with van der Waals surface area (Å²) in [6, 6.07) is 3.74. The Kier molecular flexibility index (Phi) is 8.95. The van der Waals surface area contributed by atoms with Gasteiger partial charge in [0.15, 0.2) is 0 Å². The van der Waals surface area contributed by atoms with Crippen molar-refractivity contribution in [1.82, 2.24) is 9.80 Å². The molecule has 1 aliphatic heterocycles. The maximum Gasteiger partial charge on any atom is 0.416 e. The molecule has 180 valence electrons. The fourth-order valence-corrected chi connectivity index (χ4v) is 3.34. The largest absolute Gasteiger partial charge is 0.465 e. The van der Waals surface area contributed by atoms with Crippen LogP contribution in [0.5, 0.6) is 0 Å². The highest BCUT2D eigenvalue weighted by atomic mass is 19.4. The van der Waals surface area contributed by atoms with Crippen LogP contribution in [-0.2, 0) is 33.4 Å². The Morgan fingerprint density at radius 3 is 2.19 bits per heavy atom. The highest BCUT2D eigenvalue weighted by Gasteiger charge is 2.32. The molecule has 9 heteroatoms. The Labute approximate surface area is 187 Å². The molecular weight excluding hydrogens is 425 g/mol. The van der Waals surface area contributed by atoms with Crippen molar-refractivity contribution in [2.75, 3.05) is 32.8 Å². The van der Waals surface area contributed by atoms with E-state index in [1.807, 2.05) is 11.8 Å². The summed E-state index contributed by atoms with van der Waals surface area (Å²) >= 11 is 0. The topological polar surface area (TPSA) is 59.1 Å². The average molecular weight is 459 g/mol. The number of carbonyl (C=O) groups is 2. The second kappa shape index (κ2) is 11.0. The minimum absolute atomic E-state index is 0.201. The average Bonchev–Trinajstić information content (AvgIpc) is 2.66. The van der Waals surface area contributed by atoms with Crippen LogP contribution in [0.15, 0.2) is 18.2 Å². The zero-order valence-corrected chi connectivity index (χ0v) is 19.3. The second-order valence-electron chi connectivity index (χ2n) is 9.03. The number of esters is 1. The van der Waals surface area contributed by atoms with Crippen LogP contribution in [0.4, 0.5) is 18.0 Å². The summed E-state index contributed by atoms with van der Waals surface area (Å²) in [7, 11) is 0. The first kappa shape index (κ1) is 26.0. The van der Waals surface area contributed by atoms with E-state index in [2.05, 4.69) is 0 Å². The van der Waals surface area contributed by atoms with Crippen LogP contribution in [-0.4, -0.2) is 60.2 Å². The van der Waals surface area contributed by atoms with Crippen molar-refractivity contribution >= 4 is 12.1 Å². The molecule has 1 aromatic carbocycles. The van der Waals surface area contributed by atoms with Gasteiger partial charge >= 0.3 is 18.2 Å². The van der Waals surface area contributed by atoms with Crippen LogP contribution in [0.3, 0.4) is 0 Å². The van der Waals surface area contributed by atoms with Gasteiger partial charge in [0.2, 0.25) is 0 Å². The SMILES string of the molecule is CCCCOC(=O)Cc1cc(CN2CCN(C(=O)OC(C)(C)C)CC2)cc(C(F)(F)F)c1. The Bertz CT molecular complexity index is 782. The zero-order chi connectivity index (χ0) is 23.9. The van der Waals surface area contributed by atoms with E-state index in [1.54, 1.807) is 31.7 Å². The Hall–Kier alpha value is -2.29. The van der Waals surface area contributed by atoms with Gasteiger partial charge < -0.3 is 14.4 Å². The van der Waals surface area contributed by atoms with Crippen LogP contribution in [0.2, 0.25) is 0 Å². The molecule has 1 heterocycles. The molecule has 0 N–H and O–H groups in total. The molecule has 6 nitrogen and oxygen atoms in total. The van der Waals surface area contributed by atoms with Crippen molar-refractivity contribution in [2.45, 2.75) is 65.3 Å². The molecule has 0 unspecified atom stereocenters. The van der Waals surface area contributed by atoms with Crippen molar-refractivity contribution < 1.29 is 32.2 Å². The van der Waals surface area contributed by atoms with Gasteiger partial charge in [-0.05, 0) is 50.5 Å². The van der Waals surface area contributed by atoms with Gasteiger partial charge in [-0.3, -0.25) is 9.69 Å². The summed E-state index contributed by atoms with van der Waals surface area (Å²) in [5.74, 6) is -0.533. The molecule has 0 radical (unpaired) electrons. The number of benzene rings is 1. The first-order valence-corrected chi connectivity index (χ1v) is 10.9. The first-order valence-electron chi connectivity index (χ1n) is 10.9. The third kappa shape index (κ3) is 8.68. The van der Waals surface area contributed by atoms with Gasteiger partial charge in [0.05, 0.1) is 18.6 Å². The lowest BCUT2D eigenvalue weighted by molar-refractivity contribution is -0.143. The van der Waals surface area contributed by atoms with Gasteiger partial charge in [-0.15, -0.1) is 0 Å². The Morgan fingerprint density at radius 1 is 1.00 bits per heavy atom. The predicted molar refractivity (Wildman–Crippen MR) is 114 cm³/mol. The molecule has 2 rings (SSSR count). The molecule has 0 saturated carbocycles. The van der Waals surface area contributed by atoms with Crippen molar-refractivity contribution in [2.24, 2.45) is 0 Å². The molecule has 0 aromatic heterocycles. The number of hydrogen-bond donors (Lipinski definition) is 0. The summed E-state index contributed by atoms with van der Waals surface area (Å²) in [6.45, 7) is 9.82. The lowest BCUT2D eigenvalue weighted by atomic mass is 10.0. The fraction of sp³-hybridized carbons (Fsp3) is 0.652. The number of nitrogens with zero attached hydrogens (tertiary/aromatic N) is 2. The maximum atomic E-state index is 13.4. The second-order valence-corrected chi connectivity index (χ2v) is 9.03. The van der Waals surface area contributed by atoms with Gasteiger partial charge in [-0.2, -0.15) is 13.2 Å². The maximum absolute atomic E-state index is 13.4. The number of hydrogen-bond acceptors (Lipinski definition) is 5. The van der Waals surface area contributed by atoms with Crippen molar-refractivity contribution in [3.63, 3.8) is 0 Å². The number of rotatable bonds is 7. The minimum atomic E-state index is -4.51. The van der Waals surface area contributed by atoms with Crippen molar-refractivity contribution in [3.05, 3.63) is 34.9 Å². The van der Waals surface area contributed by atoms with E-state index >= 15 is 0 Å². The summed E-state index contributed by atoms with van der Waals surface area (Å²) < 4.78 is 50.7.